The largest absolute Gasteiger partial charge is 0.342 e. The molecule has 126 valence electrons. The highest BCUT2D eigenvalue weighted by atomic mass is 16.6. The van der Waals surface area contributed by atoms with Gasteiger partial charge in [0.25, 0.3) is 0 Å². The third-order valence-corrected chi connectivity index (χ3v) is 5.12. The zero-order chi connectivity index (χ0) is 16.8. The SMILES string of the molecule is Cc1ccc2nc([C@@H]3CCCN(C(=O)[C@@H]4C[C@@H]4[N+](=O)[O-])C3)[nH]c2c1. The summed E-state index contributed by atoms with van der Waals surface area (Å²) in [5.74, 6) is 0.600. The molecule has 3 atom stereocenters. The molecule has 0 bridgehead atoms. The first-order chi connectivity index (χ1) is 11.5. The Morgan fingerprint density at radius 1 is 1.46 bits per heavy atom. The van der Waals surface area contributed by atoms with Gasteiger partial charge in [0.15, 0.2) is 0 Å². The third kappa shape index (κ3) is 2.64. The third-order valence-electron chi connectivity index (χ3n) is 5.12. The molecule has 24 heavy (non-hydrogen) atoms. The summed E-state index contributed by atoms with van der Waals surface area (Å²) in [5.41, 5.74) is 3.14. The van der Waals surface area contributed by atoms with Gasteiger partial charge >= 0.3 is 0 Å². The van der Waals surface area contributed by atoms with E-state index >= 15 is 0 Å². The number of piperidine rings is 1. The Kier molecular flexibility index (Phi) is 3.51. The molecule has 2 heterocycles. The highest BCUT2D eigenvalue weighted by Gasteiger charge is 2.54. The van der Waals surface area contributed by atoms with E-state index in [1.807, 2.05) is 19.1 Å². The predicted octanol–water partition coefficient (Wildman–Crippen LogP) is 2.24. The number of aryl methyl sites for hydroxylation is 1. The van der Waals surface area contributed by atoms with Gasteiger partial charge in [-0.2, -0.15) is 0 Å². The van der Waals surface area contributed by atoms with Crippen LogP contribution in [0.2, 0.25) is 0 Å². The van der Waals surface area contributed by atoms with Crippen molar-refractivity contribution in [1.29, 1.82) is 0 Å². The molecule has 1 aromatic heterocycles. The van der Waals surface area contributed by atoms with Gasteiger partial charge in [0.05, 0.1) is 11.0 Å². The van der Waals surface area contributed by atoms with Crippen LogP contribution in [-0.2, 0) is 4.79 Å². The fourth-order valence-corrected chi connectivity index (χ4v) is 3.65. The minimum Gasteiger partial charge on any atom is -0.342 e. The molecule has 1 saturated heterocycles. The van der Waals surface area contributed by atoms with E-state index in [4.69, 9.17) is 0 Å². The van der Waals surface area contributed by atoms with Crippen molar-refractivity contribution >= 4 is 16.9 Å². The van der Waals surface area contributed by atoms with Crippen LogP contribution in [0, 0.1) is 23.0 Å². The maximum Gasteiger partial charge on any atom is 0.232 e. The number of nitrogens with zero attached hydrogens (tertiary/aromatic N) is 3. The lowest BCUT2D eigenvalue weighted by Gasteiger charge is -2.31. The molecule has 0 unspecified atom stereocenters. The number of nitrogens with one attached hydrogen (secondary N) is 1. The summed E-state index contributed by atoms with van der Waals surface area (Å²) in [5, 5.41) is 10.8. The molecule has 1 N–H and O–H groups in total. The Morgan fingerprint density at radius 3 is 3.04 bits per heavy atom. The Balaban J connectivity index is 1.50. The average molecular weight is 328 g/mol. The van der Waals surface area contributed by atoms with Crippen molar-refractivity contribution in [3.63, 3.8) is 0 Å². The minimum absolute atomic E-state index is 0.0617. The molecule has 1 amide bonds. The van der Waals surface area contributed by atoms with E-state index in [1.54, 1.807) is 4.90 Å². The van der Waals surface area contributed by atoms with Crippen LogP contribution in [0.3, 0.4) is 0 Å². The lowest BCUT2D eigenvalue weighted by Crippen LogP contribution is -2.41. The number of nitro groups is 1. The van der Waals surface area contributed by atoms with Crippen molar-refractivity contribution in [2.24, 2.45) is 5.92 Å². The molecule has 1 aromatic carbocycles. The van der Waals surface area contributed by atoms with E-state index in [0.717, 1.165) is 29.7 Å². The number of imidazole rings is 1. The normalized spacial score (nSPS) is 26.5. The smallest absolute Gasteiger partial charge is 0.232 e. The monoisotopic (exact) mass is 328 g/mol. The molecule has 1 aliphatic carbocycles. The Hall–Kier alpha value is -2.44. The fourth-order valence-electron chi connectivity index (χ4n) is 3.65. The van der Waals surface area contributed by atoms with Crippen LogP contribution in [0.1, 0.15) is 36.6 Å². The second kappa shape index (κ2) is 5.58. The minimum atomic E-state index is -0.674. The molecule has 2 aliphatic rings. The maximum absolute atomic E-state index is 12.5. The van der Waals surface area contributed by atoms with E-state index in [1.165, 1.54) is 5.56 Å². The van der Waals surface area contributed by atoms with E-state index < -0.39 is 12.0 Å². The molecule has 2 fully saturated rings. The molecular weight excluding hydrogens is 308 g/mol. The lowest BCUT2D eigenvalue weighted by atomic mass is 9.97. The number of benzene rings is 1. The van der Waals surface area contributed by atoms with Crippen LogP contribution in [0.25, 0.3) is 11.0 Å². The van der Waals surface area contributed by atoms with Crippen molar-refractivity contribution < 1.29 is 9.72 Å². The van der Waals surface area contributed by atoms with Crippen LogP contribution >= 0.6 is 0 Å². The van der Waals surface area contributed by atoms with Crippen molar-refractivity contribution in [2.45, 2.75) is 38.1 Å². The van der Waals surface area contributed by atoms with Crippen LogP contribution in [-0.4, -0.2) is 44.8 Å². The lowest BCUT2D eigenvalue weighted by molar-refractivity contribution is -0.497. The van der Waals surface area contributed by atoms with Gasteiger partial charge in [-0.1, -0.05) is 6.07 Å². The maximum atomic E-state index is 12.5. The second-order valence-corrected chi connectivity index (χ2v) is 6.96. The Labute approximate surface area is 139 Å². The molecule has 1 aliphatic heterocycles. The number of H-pyrrole nitrogens is 1. The number of amides is 1. The number of carbonyl (C=O) groups excluding carboxylic acids is 1. The summed E-state index contributed by atoms with van der Waals surface area (Å²) in [6, 6.07) is 5.44. The quantitative estimate of drug-likeness (QED) is 0.691. The topological polar surface area (TPSA) is 92.1 Å². The highest BCUT2D eigenvalue weighted by molar-refractivity contribution is 5.82. The first kappa shape index (κ1) is 15.1. The number of rotatable bonds is 3. The van der Waals surface area contributed by atoms with E-state index in [2.05, 4.69) is 16.0 Å². The van der Waals surface area contributed by atoms with Crippen LogP contribution in [0.15, 0.2) is 18.2 Å². The van der Waals surface area contributed by atoms with E-state index in [9.17, 15) is 14.9 Å². The molecular formula is C17H20N4O3. The van der Waals surface area contributed by atoms with E-state index in [-0.39, 0.29) is 16.7 Å². The van der Waals surface area contributed by atoms with Gasteiger partial charge in [0.2, 0.25) is 11.9 Å². The molecule has 7 nitrogen and oxygen atoms in total. The summed E-state index contributed by atoms with van der Waals surface area (Å²) < 4.78 is 0. The molecule has 0 spiro atoms. The second-order valence-electron chi connectivity index (χ2n) is 6.96. The number of aromatic amines is 1. The van der Waals surface area contributed by atoms with Crippen LogP contribution < -0.4 is 0 Å². The van der Waals surface area contributed by atoms with Crippen molar-refractivity contribution in [3.05, 3.63) is 39.7 Å². The first-order valence-corrected chi connectivity index (χ1v) is 8.41. The van der Waals surface area contributed by atoms with Crippen LogP contribution in [0.4, 0.5) is 0 Å². The van der Waals surface area contributed by atoms with Gasteiger partial charge in [-0.25, -0.2) is 4.98 Å². The first-order valence-electron chi connectivity index (χ1n) is 8.41. The van der Waals surface area contributed by atoms with Gasteiger partial charge in [0.1, 0.15) is 11.7 Å². The highest BCUT2D eigenvalue weighted by Crippen LogP contribution is 2.36. The molecule has 4 rings (SSSR count). The summed E-state index contributed by atoms with van der Waals surface area (Å²) in [6.07, 6.45) is 2.27. The van der Waals surface area contributed by atoms with Gasteiger partial charge in [-0.15, -0.1) is 0 Å². The summed E-state index contributed by atoms with van der Waals surface area (Å²) in [4.78, 5) is 32.8. The number of carbonyl (C=O) groups is 1. The zero-order valence-electron chi connectivity index (χ0n) is 13.6. The molecule has 1 saturated carbocycles. The van der Waals surface area contributed by atoms with Gasteiger partial charge < -0.3 is 9.88 Å². The summed E-state index contributed by atoms with van der Waals surface area (Å²) in [6.45, 7) is 3.33. The Morgan fingerprint density at radius 2 is 2.29 bits per heavy atom. The number of fused-ring (bicyclic) bond motifs is 1. The van der Waals surface area contributed by atoms with Crippen molar-refractivity contribution in [2.75, 3.05) is 13.1 Å². The fraction of sp³-hybridized carbons (Fsp3) is 0.529. The number of likely N-dealkylation sites (tertiary alicyclic amines) is 1. The van der Waals surface area contributed by atoms with E-state index in [0.29, 0.717) is 19.5 Å². The average Bonchev–Trinajstić information content (AvgIpc) is 3.27. The summed E-state index contributed by atoms with van der Waals surface area (Å²) >= 11 is 0. The van der Waals surface area contributed by atoms with Gasteiger partial charge in [-0.3, -0.25) is 14.9 Å². The number of hydrogen-bond donors (Lipinski definition) is 1. The standard InChI is InChI=1S/C17H20N4O3/c1-10-4-5-13-14(7-10)19-16(18-13)11-3-2-6-20(9-11)17(22)12-8-15(12)21(23)24/h4-5,7,11-12,15H,2-3,6,8-9H2,1H3,(H,18,19)/t11-,12-,15+/m1/s1. The zero-order valence-corrected chi connectivity index (χ0v) is 13.6. The summed E-state index contributed by atoms with van der Waals surface area (Å²) in [7, 11) is 0. The number of aromatic nitrogens is 2. The Bertz CT molecular complexity index is 815. The number of hydrogen-bond acceptors (Lipinski definition) is 4. The van der Waals surface area contributed by atoms with Crippen molar-refractivity contribution in [3.8, 4) is 0 Å². The van der Waals surface area contributed by atoms with Gasteiger partial charge in [-0.05, 0) is 37.5 Å². The van der Waals surface area contributed by atoms with Crippen molar-refractivity contribution in [1.82, 2.24) is 14.9 Å². The molecule has 7 heteroatoms. The van der Waals surface area contributed by atoms with Gasteiger partial charge in [0, 0.05) is 30.4 Å². The predicted molar refractivity (Wildman–Crippen MR) is 88.3 cm³/mol. The molecule has 2 aromatic rings. The van der Waals surface area contributed by atoms with Crippen LogP contribution in [0.5, 0.6) is 0 Å². The molecule has 0 radical (unpaired) electrons.